The van der Waals surface area contributed by atoms with E-state index in [1.54, 1.807) is 4.90 Å². The van der Waals surface area contributed by atoms with Crippen LogP contribution in [-0.2, 0) is 4.79 Å². The van der Waals surface area contributed by atoms with Crippen LogP contribution in [0.25, 0.3) is 0 Å². The van der Waals surface area contributed by atoms with Crippen molar-refractivity contribution in [3.63, 3.8) is 0 Å². The molecule has 0 bridgehead atoms. The summed E-state index contributed by atoms with van der Waals surface area (Å²) in [5, 5.41) is 0. The van der Waals surface area contributed by atoms with Crippen LogP contribution < -0.4 is 5.73 Å². The smallest absolute Gasteiger partial charge is 0.239 e. The zero-order valence-corrected chi connectivity index (χ0v) is 11.0. The molecule has 1 rings (SSSR count). The van der Waals surface area contributed by atoms with Crippen LogP contribution in [0.4, 0.5) is 0 Å². The van der Waals surface area contributed by atoms with E-state index in [1.807, 2.05) is 14.0 Å². The Hall–Kier alpha value is -0.610. The second-order valence-electron chi connectivity index (χ2n) is 5.18. The van der Waals surface area contributed by atoms with Gasteiger partial charge in [0.1, 0.15) is 0 Å². The van der Waals surface area contributed by atoms with Gasteiger partial charge in [-0.05, 0) is 39.8 Å². The lowest BCUT2D eigenvalue weighted by Gasteiger charge is -2.49. The molecule has 0 saturated heterocycles. The number of carbonyl (C=O) groups excluding carboxylic acids is 1. The molecule has 0 aromatic rings. The van der Waals surface area contributed by atoms with Crippen LogP contribution >= 0.6 is 0 Å². The summed E-state index contributed by atoms with van der Waals surface area (Å²) in [4.78, 5) is 15.9. The molecule has 1 aliphatic rings. The van der Waals surface area contributed by atoms with E-state index in [-0.39, 0.29) is 17.5 Å². The standard InChI is InChI=1S/C12H25N3O/c1-5-10(13)11(16)15(4)9-12(14(2)3)7-6-8-12/h10H,5-9,13H2,1-4H3/t10-/m0/s1. The van der Waals surface area contributed by atoms with E-state index in [0.29, 0.717) is 6.42 Å². The van der Waals surface area contributed by atoms with Gasteiger partial charge in [-0.2, -0.15) is 0 Å². The van der Waals surface area contributed by atoms with Gasteiger partial charge in [-0.15, -0.1) is 0 Å². The Morgan fingerprint density at radius 3 is 2.25 bits per heavy atom. The second-order valence-corrected chi connectivity index (χ2v) is 5.18. The van der Waals surface area contributed by atoms with E-state index in [9.17, 15) is 4.79 Å². The summed E-state index contributed by atoms with van der Waals surface area (Å²) in [5.74, 6) is 0.0654. The minimum Gasteiger partial charge on any atom is -0.343 e. The maximum absolute atomic E-state index is 11.9. The average molecular weight is 227 g/mol. The largest absolute Gasteiger partial charge is 0.343 e. The number of hydrogen-bond donors (Lipinski definition) is 1. The number of rotatable bonds is 5. The number of nitrogens with zero attached hydrogens (tertiary/aromatic N) is 2. The van der Waals surface area contributed by atoms with Crippen molar-refractivity contribution in [1.29, 1.82) is 0 Å². The zero-order valence-electron chi connectivity index (χ0n) is 11.0. The Bertz CT molecular complexity index is 249. The number of likely N-dealkylation sites (N-methyl/N-ethyl adjacent to an activating group) is 2. The van der Waals surface area contributed by atoms with E-state index in [2.05, 4.69) is 19.0 Å². The molecular formula is C12H25N3O. The molecule has 1 amide bonds. The number of carbonyl (C=O) groups is 1. The molecule has 0 heterocycles. The summed E-state index contributed by atoms with van der Waals surface area (Å²) in [5.41, 5.74) is 5.96. The normalized spacial score (nSPS) is 20.4. The van der Waals surface area contributed by atoms with Gasteiger partial charge in [-0.1, -0.05) is 6.92 Å². The fourth-order valence-electron chi connectivity index (χ4n) is 2.31. The summed E-state index contributed by atoms with van der Waals surface area (Å²) < 4.78 is 0. The monoisotopic (exact) mass is 227 g/mol. The summed E-state index contributed by atoms with van der Waals surface area (Å²) in [6.45, 7) is 2.74. The Balaban J connectivity index is 2.56. The van der Waals surface area contributed by atoms with Gasteiger partial charge in [-0.25, -0.2) is 0 Å². The van der Waals surface area contributed by atoms with Crippen molar-refractivity contribution in [2.45, 2.75) is 44.2 Å². The van der Waals surface area contributed by atoms with Crippen molar-refractivity contribution >= 4 is 5.91 Å². The minimum atomic E-state index is -0.343. The van der Waals surface area contributed by atoms with Crippen molar-refractivity contribution in [3.8, 4) is 0 Å². The van der Waals surface area contributed by atoms with Gasteiger partial charge >= 0.3 is 0 Å². The van der Waals surface area contributed by atoms with Crippen molar-refractivity contribution in [1.82, 2.24) is 9.80 Å². The van der Waals surface area contributed by atoms with Gasteiger partial charge in [-0.3, -0.25) is 4.79 Å². The van der Waals surface area contributed by atoms with Gasteiger partial charge in [0.15, 0.2) is 0 Å². The maximum Gasteiger partial charge on any atom is 0.239 e. The molecule has 4 nitrogen and oxygen atoms in total. The molecule has 0 aromatic carbocycles. The Kier molecular flexibility index (Phi) is 4.33. The first-order valence-electron chi connectivity index (χ1n) is 6.11. The quantitative estimate of drug-likeness (QED) is 0.751. The van der Waals surface area contributed by atoms with Crippen LogP contribution in [0.2, 0.25) is 0 Å². The van der Waals surface area contributed by atoms with Crippen molar-refractivity contribution < 1.29 is 4.79 Å². The summed E-state index contributed by atoms with van der Waals surface area (Å²) in [6, 6.07) is -0.343. The molecule has 0 radical (unpaired) electrons. The van der Waals surface area contributed by atoms with E-state index in [4.69, 9.17) is 5.73 Å². The third kappa shape index (κ3) is 2.55. The predicted molar refractivity (Wildman–Crippen MR) is 66.2 cm³/mol. The highest BCUT2D eigenvalue weighted by Crippen LogP contribution is 2.36. The molecule has 1 fully saturated rings. The van der Waals surface area contributed by atoms with Crippen LogP contribution in [-0.4, -0.2) is 55.0 Å². The van der Waals surface area contributed by atoms with E-state index < -0.39 is 0 Å². The lowest BCUT2D eigenvalue weighted by molar-refractivity contribution is -0.134. The van der Waals surface area contributed by atoms with Crippen molar-refractivity contribution in [2.24, 2.45) is 5.73 Å². The fraction of sp³-hybridized carbons (Fsp3) is 0.917. The third-order valence-electron chi connectivity index (χ3n) is 3.90. The number of nitrogens with two attached hydrogens (primary N) is 1. The van der Waals surface area contributed by atoms with E-state index >= 15 is 0 Å². The van der Waals surface area contributed by atoms with Crippen LogP contribution in [0.15, 0.2) is 0 Å². The molecule has 16 heavy (non-hydrogen) atoms. The zero-order chi connectivity index (χ0) is 12.3. The lowest BCUT2D eigenvalue weighted by atomic mass is 9.75. The van der Waals surface area contributed by atoms with Crippen LogP contribution in [0.5, 0.6) is 0 Å². The Labute approximate surface area is 98.8 Å². The highest BCUT2D eigenvalue weighted by Gasteiger charge is 2.40. The molecule has 0 unspecified atom stereocenters. The molecule has 4 heteroatoms. The van der Waals surface area contributed by atoms with E-state index in [0.717, 1.165) is 6.54 Å². The average Bonchev–Trinajstić information content (AvgIpc) is 2.20. The van der Waals surface area contributed by atoms with Gasteiger partial charge < -0.3 is 15.5 Å². The molecule has 0 aliphatic heterocycles. The first kappa shape index (κ1) is 13.5. The van der Waals surface area contributed by atoms with Crippen molar-refractivity contribution in [3.05, 3.63) is 0 Å². The van der Waals surface area contributed by atoms with Crippen LogP contribution in [0, 0.1) is 0 Å². The molecule has 1 aliphatic carbocycles. The van der Waals surface area contributed by atoms with Gasteiger partial charge in [0.2, 0.25) is 5.91 Å². The molecule has 2 N–H and O–H groups in total. The number of hydrogen-bond acceptors (Lipinski definition) is 3. The van der Waals surface area contributed by atoms with Crippen molar-refractivity contribution in [2.75, 3.05) is 27.7 Å². The molecule has 0 spiro atoms. The Morgan fingerprint density at radius 2 is 1.94 bits per heavy atom. The summed E-state index contributed by atoms with van der Waals surface area (Å²) in [6.07, 6.45) is 4.33. The highest BCUT2D eigenvalue weighted by molar-refractivity contribution is 5.81. The van der Waals surface area contributed by atoms with Gasteiger partial charge in [0, 0.05) is 19.1 Å². The topological polar surface area (TPSA) is 49.6 Å². The minimum absolute atomic E-state index is 0.0654. The van der Waals surface area contributed by atoms with Gasteiger partial charge in [0.25, 0.3) is 0 Å². The van der Waals surface area contributed by atoms with E-state index in [1.165, 1.54) is 19.3 Å². The third-order valence-corrected chi connectivity index (χ3v) is 3.90. The number of amides is 1. The highest BCUT2D eigenvalue weighted by atomic mass is 16.2. The maximum atomic E-state index is 11.9. The second kappa shape index (κ2) is 5.15. The predicted octanol–water partition coefficient (Wildman–Crippen LogP) is 0.666. The molecule has 1 atom stereocenters. The lowest BCUT2D eigenvalue weighted by Crippen LogP contribution is -2.58. The Morgan fingerprint density at radius 1 is 1.38 bits per heavy atom. The summed E-state index contributed by atoms with van der Waals surface area (Å²) >= 11 is 0. The first-order chi connectivity index (χ1) is 7.43. The molecule has 94 valence electrons. The van der Waals surface area contributed by atoms with Crippen LogP contribution in [0.3, 0.4) is 0 Å². The first-order valence-corrected chi connectivity index (χ1v) is 6.11. The van der Waals surface area contributed by atoms with Gasteiger partial charge in [0.05, 0.1) is 6.04 Å². The fourth-order valence-corrected chi connectivity index (χ4v) is 2.31. The summed E-state index contributed by atoms with van der Waals surface area (Å²) in [7, 11) is 6.05. The SMILES string of the molecule is CC[C@H](N)C(=O)N(C)CC1(N(C)C)CCC1. The molecular weight excluding hydrogens is 202 g/mol. The van der Waals surface area contributed by atoms with Crippen LogP contribution in [0.1, 0.15) is 32.6 Å². The molecule has 0 aromatic heterocycles. The molecule has 1 saturated carbocycles.